The maximum atomic E-state index is 12.4. The molecule has 8 fully saturated rings. The summed E-state index contributed by atoms with van der Waals surface area (Å²) in [4.78, 5) is 60.8. The van der Waals surface area contributed by atoms with Gasteiger partial charge in [-0.2, -0.15) is 0 Å². The van der Waals surface area contributed by atoms with Crippen LogP contribution in [0.1, 0.15) is 166 Å². The van der Waals surface area contributed by atoms with Gasteiger partial charge in [-0.05, 0) is 143 Å². The quantitative estimate of drug-likeness (QED) is 0.160. The number of esters is 5. The molecule has 8 rings (SSSR count). The first-order valence-corrected chi connectivity index (χ1v) is 21.7. The van der Waals surface area contributed by atoms with Gasteiger partial charge in [0.25, 0.3) is 0 Å². The molecule has 8 unspecified atom stereocenters. The van der Waals surface area contributed by atoms with Crippen molar-refractivity contribution in [2.24, 2.45) is 51.8 Å². The Hall–Kier alpha value is -2.69. The molecule has 0 aromatic heterocycles. The summed E-state index contributed by atoms with van der Waals surface area (Å²) < 4.78 is 27.7. The second-order valence-corrected chi connectivity index (χ2v) is 20.5. The summed E-state index contributed by atoms with van der Waals surface area (Å²) in [7, 11) is 1.31. The van der Waals surface area contributed by atoms with Crippen LogP contribution in [0.5, 0.6) is 0 Å². The first kappa shape index (κ1) is 44.4. The summed E-state index contributed by atoms with van der Waals surface area (Å²) in [5.74, 6) is -1.27. The minimum absolute atomic E-state index is 0.0197. The third-order valence-corrected chi connectivity index (χ3v) is 15.3. The van der Waals surface area contributed by atoms with Crippen molar-refractivity contribution in [3.63, 3.8) is 0 Å². The van der Waals surface area contributed by atoms with Crippen LogP contribution >= 0.6 is 0 Å². The van der Waals surface area contributed by atoms with Gasteiger partial charge in [0.15, 0.2) is 0 Å². The molecular formula is C45H72O11. The van der Waals surface area contributed by atoms with Gasteiger partial charge in [0.2, 0.25) is 0 Å². The molecule has 318 valence electrons. The third-order valence-electron chi connectivity index (χ3n) is 15.3. The molecule has 8 aliphatic rings. The maximum absolute atomic E-state index is 12.4. The fourth-order valence-electron chi connectivity index (χ4n) is 10.8. The molecule has 6 bridgehead atoms. The zero-order chi connectivity index (χ0) is 41.6. The highest BCUT2D eigenvalue weighted by Gasteiger charge is 2.70. The largest absolute Gasteiger partial charge is 0.469 e. The Morgan fingerprint density at radius 3 is 1.75 bits per heavy atom. The van der Waals surface area contributed by atoms with E-state index in [2.05, 4.69) is 6.92 Å². The topological polar surface area (TPSA) is 152 Å². The van der Waals surface area contributed by atoms with Crippen molar-refractivity contribution in [2.45, 2.75) is 195 Å². The Labute approximate surface area is 335 Å². The van der Waals surface area contributed by atoms with Gasteiger partial charge in [-0.3, -0.25) is 24.0 Å². The molecule has 11 nitrogen and oxygen atoms in total. The summed E-state index contributed by atoms with van der Waals surface area (Å²) in [5.41, 5.74) is -2.38. The van der Waals surface area contributed by atoms with Gasteiger partial charge >= 0.3 is 29.8 Å². The van der Waals surface area contributed by atoms with Crippen molar-refractivity contribution in [3.05, 3.63) is 0 Å². The van der Waals surface area contributed by atoms with Crippen molar-refractivity contribution in [3.8, 4) is 0 Å². The summed E-state index contributed by atoms with van der Waals surface area (Å²) in [6.07, 6.45) is 13.1. The standard InChI is InChI=1S/C16H22O6.C16H26O3.C13H24O2/c1-5-16(2,3)15(19)22-12-7-6-8-10(9(7)13(17)20-4)14(18)21-11(8)12;1-4-14(2,3)13(17)19-16-8-11-5-12(9-16)7-15(18,6-11)10-16;1-5-12(3,4)11(14)15-13(6-2)9-7-8-10-13/h7-12H,5-6H2,1-4H3;11-12,18H,4-10H2,1-3H3;5-10H2,1-4H3. The molecule has 0 aromatic rings. The summed E-state index contributed by atoms with van der Waals surface area (Å²) >= 11 is 0. The molecule has 1 heterocycles. The monoisotopic (exact) mass is 789 g/mol. The van der Waals surface area contributed by atoms with Crippen molar-refractivity contribution in [1.29, 1.82) is 0 Å². The molecule has 1 N–H and O–H groups in total. The van der Waals surface area contributed by atoms with E-state index in [1.54, 1.807) is 0 Å². The first-order chi connectivity index (χ1) is 26.0. The Morgan fingerprint density at radius 1 is 0.750 bits per heavy atom. The molecule has 8 atom stereocenters. The smallest absolute Gasteiger partial charge is 0.312 e. The Morgan fingerprint density at radius 2 is 1.27 bits per heavy atom. The Balaban J connectivity index is 0.000000164. The Kier molecular flexibility index (Phi) is 12.8. The zero-order valence-corrected chi connectivity index (χ0v) is 36.3. The SMILES string of the molecule is CCC(C)(C)C(=O)OC12CC3CC(CC(O)(C3)C1)C2.CCC(C)(C)C(=O)OC1C2CC3C1OC(=O)C3C2C(=O)OC.CCC1(OC(=O)C(C)(C)CC)CCCC1. The number of hydrogen-bond donors (Lipinski definition) is 1. The predicted molar refractivity (Wildman–Crippen MR) is 209 cm³/mol. The first-order valence-electron chi connectivity index (χ1n) is 21.7. The van der Waals surface area contributed by atoms with Gasteiger partial charge in [0.05, 0.1) is 40.8 Å². The molecule has 11 heteroatoms. The van der Waals surface area contributed by atoms with Crippen LogP contribution < -0.4 is 0 Å². The van der Waals surface area contributed by atoms with Crippen LogP contribution in [0, 0.1) is 51.8 Å². The molecule has 0 radical (unpaired) electrons. The molecular weight excluding hydrogens is 716 g/mol. The Bertz CT molecular complexity index is 1470. The van der Waals surface area contributed by atoms with Gasteiger partial charge in [-0.1, -0.05) is 27.7 Å². The number of fused-ring (bicyclic) bond motifs is 1. The number of rotatable bonds is 11. The number of hydrogen-bond acceptors (Lipinski definition) is 11. The van der Waals surface area contributed by atoms with Crippen LogP contribution in [0.25, 0.3) is 0 Å². The van der Waals surface area contributed by atoms with E-state index < -0.39 is 46.4 Å². The average Bonchev–Trinajstić information content (AvgIpc) is 3.89. The van der Waals surface area contributed by atoms with E-state index in [1.165, 1.54) is 26.4 Å². The second-order valence-electron chi connectivity index (χ2n) is 20.5. The minimum atomic E-state index is -0.593. The molecule has 0 aromatic carbocycles. The van der Waals surface area contributed by atoms with Crippen LogP contribution in [-0.2, 0) is 47.7 Å². The maximum Gasteiger partial charge on any atom is 0.312 e. The zero-order valence-electron chi connectivity index (χ0n) is 36.3. The van der Waals surface area contributed by atoms with Gasteiger partial charge in [0.1, 0.15) is 23.4 Å². The number of carbonyl (C=O) groups is 5. The highest BCUT2D eigenvalue weighted by Crippen LogP contribution is 2.60. The summed E-state index contributed by atoms with van der Waals surface area (Å²) in [5, 5.41) is 10.6. The predicted octanol–water partition coefficient (Wildman–Crippen LogP) is 8.05. The lowest BCUT2D eigenvalue weighted by atomic mass is 9.52. The average molecular weight is 789 g/mol. The van der Waals surface area contributed by atoms with Gasteiger partial charge in [-0.25, -0.2) is 0 Å². The fourth-order valence-corrected chi connectivity index (χ4v) is 10.8. The number of methoxy groups -OCH3 is 1. The summed E-state index contributed by atoms with van der Waals surface area (Å²) in [6, 6.07) is 0. The molecule has 1 saturated heterocycles. The van der Waals surface area contributed by atoms with Crippen molar-refractivity contribution in [1.82, 2.24) is 0 Å². The van der Waals surface area contributed by atoms with E-state index in [9.17, 15) is 29.1 Å². The van der Waals surface area contributed by atoms with Crippen LogP contribution in [-0.4, -0.2) is 71.1 Å². The molecule has 1 aliphatic heterocycles. The minimum Gasteiger partial charge on any atom is -0.469 e. The summed E-state index contributed by atoms with van der Waals surface area (Å²) in [6.45, 7) is 19.6. The molecule has 7 aliphatic carbocycles. The van der Waals surface area contributed by atoms with E-state index in [1.807, 2.05) is 62.3 Å². The lowest BCUT2D eigenvalue weighted by Crippen LogP contribution is -2.61. The van der Waals surface area contributed by atoms with E-state index in [-0.39, 0.29) is 52.3 Å². The molecule has 0 spiro atoms. The van der Waals surface area contributed by atoms with E-state index >= 15 is 0 Å². The van der Waals surface area contributed by atoms with Crippen molar-refractivity contribution in [2.75, 3.05) is 7.11 Å². The van der Waals surface area contributed by atoms with Gasteiger partial charge in [0, 0.05) is 18.3 Å². The molecule has 56 heavy (non-hydrogen) atoms. The number of ether oxygens (including phenoxy) is 5. The molecule has 0 amide bonds. The van der Waals surface area contributed by atoms with E-state index in [0.717, 1.165) is 57.8 Å². The highest BCUT2D eigenvalue weighted by molar-refractivity contribution is 5.86. The van der Waals surface area contributed by atoms with Crippen molar-refractivity contribution >= 4 is 29.8 Å². The van der Waals surface area contributed by atoms with Crippen LogP contribution in [0.2, 0.25) is 0 Å². The van der Waals surface area contributed by atoms with Crippen molar-refractivity contribution < 1.29 is 52.8 Å². The van der Waals surface area contributed by atoms with Gasteiger partial charge < -0.3 is 28.8 Å². The lowest BCUT2D eigenvalue weighted by molar-refractivity contribution is -0.225. The number of carbonyl (C=O) groups excluding carboxylic acids is 5. The normalized spacial score (nSPS) is 35.8. The lowest BCUT2D eigenvalue weighted by Gasteiger charge is -2.59. The second kappa shape index (κ2) is 16.2. The highest BCUT2D eigenvalue weighted by atomic mass is 16.6. The van der Waals surface area contributed by atoms with E-state index in [0.29, 0.717) is 31.1 Å². The third kappa shape index (κ3) is 8.68. The van der Waals surface area contributed by atoms with Gasteiger partial charge in [-0.15, -0.1) is 0 Å². The van der Waals surface area contributed by atoms with Crippen LogP contribution in [0.3, 0.4) is 0 Å². The van der Waals surface area contributed by atoms with Crippen LogP contribution in [0.15, 0.2) is 0 Å². The fraction of sp³-hybridized carbons (Fsp3) is 0.889. The van der Waals surface area contributed by atoms with Crippen LogP contribution in [0.4, 0.5) is 0 Å². The molecule has 7 saturated carbocycles. The van der Waals surface area contributed by atoms with E-state index in [4.69, 9.17) is 23.7 Å². The number of aliphatic hydroxyl groups is 1.